The Morgan fingerprint density at radius 2 is 1.73 bits per heavy atom. The number of nitrogens with one attached hydrogen (secondary N) is 4. The minimum Gasteiger partial charge on any atom is -0.480 e. The summed E-state index contributed by atoms with van der Waals surface area (Å²) < 4.78 is 0. The molecule has 0 aliphatic heterocycles. The Hall–Kier alpha value is -3.52. The molecule has 1 rings (SSSR count). The molecule has 184 valence electrons. The summed E-state index contributed by atoms with van der Waals surface area (Å²) in [5, 5.41) is 16.3. The van der Waals surface area contributed by atoms with Crippen molar-refractivity contribution in [1.82, 2.24) is 25.9 Å². The molecule has 4 unspecified atom stereocenters. The molecular formula is C19H32N8O6. The van der Waals surface area contributed by atoms with E-state index in [1.807, 2.05) is 0 Å². The standard InChI is InChI=1S/C19H32N8O6/c1-10(25-17(30)12(21)6-11-8-23-9-24-11)16(29)27-14(7-15(22)28)18(31)26-13(19(32)33)4-2-3-5-20/h8-10,12-14H,2-7,20-21H2,1H3,(H2,22,28)(H,23,24)(H,25,30)(H,26,31)(H,27,29)(H,32,33). The van der Waals surface area contributed by atoms with E-state index in [2.05, 4.69) is 25.9 Å². The van der Waals surface area contributed by atoms with Crippen LogP contribution in [0.1, 0.15) is 38.3 Å². The summed E-state index contributed by atoms with van der Waals surface area (Å²) in [4.78, 5) is 66.7. The smallest absolute Gasteiger partial charge is 0.326 e. The molecular weight excluding hydrogens is 436 g/mol. The van der Waals surface area contributed by atoms with E-state index in [-0.39, 0.29) is 12.8 Å². The lowest BCUT2D eigenvalue weighted by molar-refractivity contribution is -0.142. The summed E-state index contributed by atoms with van der Waals surface area (Å²) in [6, 6.07) is -4.72. The van der Waals surface area contributed by atoms with Gasteiger partial charge in [-0.25, -0.2) is 9.78 Å². The summed E-state index contributed by atoms with van der Waals surface area (Å²) in [6.45, 7) is 1.73. The molecule has 14 heteroatoms. The minimum atomic E-state index is -1.43. The van der Waals surface area contributed by atoms with Gasteiger partial charge in [0.25, 0.3) is 0 Å². The highest BCUT2D eigenvalue weighted by molar-refractivity contribution is 5.95. The van der Waals surface area contributed by atoms with Crippen molar-refractivity contribution in [3.05, 3.63) is 18.2 Å². The van der Waals surface area contributed by atoms with E-state index in [4.69, 9.17) is 17.2 Å². The van der Waals surface area contributed by atoms with Crippen LogP contribution >= 0.6 is 0 Å². The zero-order chi connectivity index (χ0) is 25.0. The van der Waals surface area contributed by atoms with E-state index in [1.54, 1.807) is 0 Å². The number of amides is 4. The van der Waals surface area contributed by atoms with Gasteiger partial charge in [-0.1, -0.05) is 0 Å². The normalized spacial score (nSPS) is 14.4. The lowest BCUT2D eigenvalue weighted by atomic mass is 10.1. The monoisotopic (exact) mass is 468 g/mol. The van der Waals surface area contributed by atoms with Crippen LogP contribution in [0.25, 0.3) is 0 Å². The first-order valence-electron chi connectivity index (χ1n) is 10.4. The molecule has 4 amide bonds. The van der Waals surface area contributed by atoms with Crippen LogP contribution < -0.4 is 33.2 Å². The highest BCUT2D eigenvalue weighted by atomic mass is 16.4. The average molecular weight is 469 g/mol. The molecule has 0 spiro atoms. The van der Waals surface area contributed by atoms with Crippen LogP contribution in [0.3, 0.4) is 0 Å². The number of H-pyrrole nitrogens is 1. The predicted octanol–water partition coefficient (Wildman–Crippen LogP) is -3.16. The summed E-state index contributed by atoms with van der Waals surface area (Å²) in [5.41, 5.74) is 17.0. The van der Waals surface area contributed by atoms with Crippen LogP contribution in [0.15, 0.2) is 12.5 Å². The molecule has 0 aliphatic rings. The van der Waals surface area contributed by atoms with Crippen LogP contribution in [0.2, 0.25) is 0 Å². The number of imidazole rings is 1. The molecule has 0 aliphatic carbocycles. The Balaban J connectivity index is 2.72. The molecule has 0 aromatic carbocycles. The molecule has 4 atom stereocenters. The van der Waals surface area contributed by atoms with Gasteiger partial charge in [0, 0.05) is 18.3 Å². The van der Waals surface area contributed by atoms with Crippen LogP contribution in [0.4, 0.5) is 0 Å². The van der Waals surface area contributed by atoms with Gasteiger partial charge in [-0.3, -0.25) is 19.2 Å². The highest BCUT2D eigenvalue weighted by Gasteiger charge is 2.29. The number of nitrogens with zero attached hydrogens (tertiary/aromatic N) is 1. The van der Waals surface area contributed by atoms with E-state index in [0.717, 1.165) is 0 Å². The van der Waals surface area contributed by atoms with Crippen molar-refractivity contribution in [1.29, 1.82) is 0 Å². The third kappa shape index (κ3) is 10.1. The minimum absolute atomic E-state index is 0.121. The molecule has 1 aromatic heterocycles. The van der Waals surface area contributed by atoms with Crippen LogP contribution in [0, 0.1) is 0 Å². The van der Waals surface area contributed by atoms with E-state index in [0.29, 0.717) is 25.1 Å². The first-order valence-corrected chi connectivity index (χ1v) is 10.4. The average Bonchev–Trinajstić information content (AvgIpc) is 3.24. The maximum absolute atomic E-state index is 12.6. The zero-order valence-electron chi connectivity index (χ0n) is 18.4. The Labute approximate surface area is 190 Å². The van der Waals surface area contributed by atoms with Crippen molar-refractivity contribution in [2.75, 3.05) is 6.54 Å². The number of rotatable bonds is 15. The van der Waals surface area contributed by atoms with Gasteiger partial charge in [0.05, 0.1) is 18.8 Å². The second-order valence-electron chi connectivity index (χ2n) is 7.53. The fourth-order valence-corrected chi connectivity index (χ4v) is 2.84. The third-order valence-corrected chi connectivity index (χ3v) is 4.68. The molecule has 11 N–H and O–H groups in total. The number of hydrogen-bond acceptors (Lipinski definition) is 8. The van der Waals surface area contributed by atoms with Gasteiger partial charge in [-0.15, -0.1) is 0 Å². The van der Waals surface area contributed by atoms with Crippen molar-refractivity contribution in [2.24, 2.45) is 17.2 Å². The number of unbranched alkanes of at least 4 members (excludes halogenated alkanes) is 1. The van der Waals surface area contributed by atoms with E-state index in [9.17, 15) is 29.1 Å². The molecule has 0 radical (unpaired) electrons. The van der Waals surface area contributed by atoms with Crippen molar-refractivity contribution in [2.45, 2.75) is 63.2 Å². The molecule has 0 saturated heterocycles. The quantitative estimate of drug-likeness (QED) is 0.121. The number of carboxylic acid groups (broad SMARTS) is 1. The van der Waals surface area contributed by atoms with Gasteiger partial charge in [-0.2, -0.15) is 0 Å². The van der Waals surface area contributed by atoms with Crippen molar-refractivity contribution in [3.8, 4) is 0 Å². The Morgan fingerprint density at radius 1 is 1.06 bits per heavy atom. The van der Waals surface area contributed by atoms with Crippen LogP contribution in [-0.4, -0.2) is 75.4 Å². The number of aromatic nitrogens is 2. The molecule has 14 nitrogen and oxygen atoms in total. The number of primary amides is 1. The van der Waals surface area contributed by atoms with Crippen LogP contribution in [0.5, 0.6) is 0 Å². The molecule has 1 aromatic rings. The molecule has 0 fully saturated rings. The molecule has 1 heterocycles. The van der Waals surface area contributed by atoms with Crippen molar-refractivity contribution >= 4 is 29.6 Å². The van der Waals surface area contributed by atoms with Gasteiger partial charge in [0.1, 0.15) is 18.1 Å². The number of carbonyl (C=O) groups is 5. The van der Waals surface area contributed by atoms with Crippen LogP contribution in [-0.2, 0) is 30.4 Å². The molecule has 33 heavy (non-hydrogen) atoms. The van der Waals surface area contributed by atoms with E-state index in [1.165, 1.54) is 19.4 Å². The zero-order valence-corrected chi connectivity index (χ0v) is 18.4. The summed E-state index contributed by atoms with van der Waals surface area (Å²) in [7, 11) is 0. The lowest BCUT2D eigenvalue weighted by Gasteiger charge is -2.23. The fourth-order valence-electron chi connectivity index (χ4n) is 2.84. The van der Waals surface area contributed by atoms with Gasteiger partial charge in [0.15, 0.2) is 0 Å². The number of aromatic amines is 1. The lowest BCUT2D eigenvalue weighted by Crippen LogP contribution is -2.57. The number of carbonyl (C=O) groups excluding carboxylic acids is 4. The Morgan fingerprint density at radius 3 is 2.27 bits per heavy atom. The maximum Gasteiger partial charge on any atom is 0.326 e. The summed E-state index contributed by atoms with van der Waals surface area (Å²) in [5.74, 6) is -4.44. The fraction of sp³-hybridized carbons (Fsp3) is 0.579. The SMILES string of the molecule is CC(NC(=O)C(N)Cc1cnc[nH]1)C(=O)NC(CC(N)=O)C(=O)NC(CCCCN)C(=O)O. The van der Waals surface area contributed by atoms with Gasteiger partial charge < -0.3 is 43.2 Å². The Bertz CT molecular complexity index is 815. The summed E-state index contributed by atoms with van der Waals surface area (Å²) in [6.07, 6.45) is 3.70. The maximum atomic E-state index is 12.6. The summed E-state index contributed by atoms with van der Waals surface area (Å²) >= 11 is 0. The number of hydrogen-bond donors (Lipinski definition) is 8. The predicted molar refractivity (Wildman–Crippen MR) is 116 cm³/mol. The van der Waals surface area contributed by atoms with Gasteiger partial charge in [-0.05, 0) is 32.7 Å². The second-order valence-corrected chi connectivity index (χ2v) is 7.53. The number of aliphatic carboxylic acids is 1. The van der Waals surface area contributed by atoms with Gasteiger partial charge >= 0.3 is 5.97 Å². The van der Waals surface area contributed by atoms with E-state index >= 15 is 0 Å². The molecule has 0 bridgehead atoms. The number of nitrogens with two attached hydrogens (primary N) is 3. The largest absolute Gasteiger partial charge is 0.480 e. The number of carboxylic acids is 1. The second kappa shape index (κ2) is 13.8. The van der Waals surface area contributed by atoms with Gasteiger partial charge in [0.2, 0.25) is 23.6 Å². The molecule has 0 saturated carbocycles. The topological polar surface area (TPSA) is 248 Å². The highest BCUT2D eigenvalue weighted by Crippen LogP contribution is 2.03. The first-order chi connectivity index (χ1) is 15.5. The van der Waals surface area contributed by atoms with Crippen molar-refractivity contribution < 1.29 is 29.1 Å². The third-order valence-electron chi connectivity index (χ3n) is 4.68. The Kier molecular flexibility index (Phi) is 11.5. The van der Waals surface area contributed by atoms with Crippen molar-refractivity contribution in [3.63, 3.8) is 0 Å². The first kappa shape index (κ1) is 27.5. The van der Waals surface area contributed by atoms with E-state index < -0.39 is 60.2 Å².